The van der Waals surface area contributed by atoms with Gasteiger partial charge in [-0.1, -0.05) is 26.0 Å². The molecule has 1 atom stereocenters. The van der Waals surface area contributed by atoms with Gasteiger partial charge in [0.2, 0.25) is 0 Å². The lowest BCUT2D eigenvalue weighted by molar-refractivity contribution is 0.159. The number of methoxy groups -OCH3 is 1. The lowest BCUT2D eigenvalue weighted by Gasteiger charge is -2.36. The molecule has 1 aliphatic rings. The van der Waals surface area contributed by atoms with Crippen LogP contribution in [0.2, 0.25) is 0 Å². The van der Waals surface area contributed by atoms with Gasteiger partial charge in [-0.25, -0.2) is 0 Å². The van der Waals surface area contributed by atoms with Gasteiger partial charge in [-0.15, -0.1) is 24.8 Å². The Morgan fingerprint density at radius 1 is 1.13 bits per heavy atom. The van der Waals surface area contributed by atoms with E-state index in [2.05, 4.69) is 49.2 Å². The van der Waals surface area contributed by atoms with Gasteiger partial charge in [0.05, 0.1) is 7.11 Å². The number of aryl methyl sites for hydroxylation is 1. The summed E-state index contributed by atoms with van der Waals surface area (Å²) in [7, 11) is 1.74. The van der Waals surface area contributed by atoms with Gasteiger partial charge in [-0.05, 0) is 42.9 Å². The van der Waals surface area contributed by atoms with Crippen LogP contribution in [-0.2, 0) is 0 Å². The molecular weight excluding hydrogens is 331 g/mol. The summed E-state index contributed by atoms with van der Waals surface area (Å²) in [5, 5.41) is 3.45. The average molecular weight is 363 g/mol. The van der Waals surface area contributed by atoms with Crippen molar-refractivity contribution in [2.24, 2.45) is 5.92 Å². The molecule has 2 rings (SSSR count). The fraction of sp³-hybridized carbons (Fsp3) is 0.667. The van der Waals surface area contributed by atoms with Crippen molar-refractivity contribution in [3.05, 3.63) is 29.3 Å². The standard InChI is InChI=1S/C18H30N2O.2ClH/c1-14(2)5-7-17(20-11-9-19-10-12-20)16-6-8-18(21-4)15(3)13-16;;/h6,8,13-14,17,19H,5,7,9-12H2,1-4H3;2*1H/t17-;;/m1../s1. The number of nitrogens with one attached hydrogen (secondary N) is 1. The fourth-order valence-corrected chi connectivity index (χ4v) is 3.15. The van der Waals surface area contributed by atoms with Crippen molar-refractivity contribution in [1.29, 1.82) is 0 Å². The average Bonchev–Trinajstić information content (AvgIpc) is 2.48. The Morgan fingerprint density at radius 3 is 2.30 bits per heavy atom. The summed E-state index contributed by atoms with van der Waals surface area (Å²) in [5.41, 5.74) is 2.68. The smallest absolute Gasteiger partial charge is 0.121 e. The Balaban J connectivity index is 0.00000242. The van der Waals surface area contributed by atoms with Gasteiger partial charge in [-0.2, -0.15) is 0 Å². The maximum absolute atomic E-state index is 5.40. The quantitative estimate of drug-likeness (QED) is 0.819. The summed E-state index contributed by atoms with van der Waals surface area (Å²) < 4.78 is 5.40. The number of hydrogen-bond donors (Lipinski definition) is 1. The molecule has 0 bridgehead atoms. The van der Waals surface area contributed by atoms with E-state index in [4.69, 9.17) is 4.74 Å². The second kappa shape index (κ2) is 11.1. The summed E-state index contributed by atoms with van der Waals surface area (Å²) >= 11 is 0. The van der Waals surface area contributed by atoms with Gasteiger partial charge in [-0.3, -0.25) is 4.90 Å². The van der Waals surface area contributed by atoms with E-state index in [1.807, 2.05) is 0 Å². The van der Waals surface area contributed by atoms with E-state index in [1.165, 1.54) is 24.0 Å². The van der Waals surface area contributed by atoms with E-state index >= 15 is 0 Å². The lowest BCUT2D eigenvalue weighted by Crippen LogP contribution is -2.45. The highest BCUT2D eigenvalue weighted by Crippen LogP contribution is 2.30. The van der Waals surface area contributed by atoms with Crippen LogP contribution in [0.5, 0.6) is 5.75 Å². The van der Waals surface area contributed by atoms with Crippen molar-refractivity contribution in [2.75, 3.05) is 33.3 Å². The number of nitrogens with zero attached hydrogens (tertiary/aromatic N) is 1. The zero-order valence-electron chi connectivity index (χ0n) is 14.8. The molecular formula is C18H32Cl2N2O. The van der Waals surface area contributed by atoms with E-state index in [0.29, 0.717) is 6.04 Å². The molecule has 3 nitrogen and oxygen atoms in total. The predicted molar refractivity (Wildman–Crippen MR) is 103 cm³/mol. The first-order chi connectivity index (χ1) is 10.1. The highest BCUT2D eigenvalue weighted by atomic mass is 35.5. The zero-order chi connectivity index (χ0) is 15.2. The Hall–Kier alpha value is -0.480. The third kappa shape index (κ3) is 6.50. The van der Waals surface area contributed by atoms with Crippen molar-refractivity contribution in [3.63, 3.8) is 0 Å². The van der Waals surface area contributed by atoms with E-state index in [1.54, 1.807) is 7.11 Å². The molecule has 1 aromatic rings. The molecule has 0 radical (unpaired) electrons. The highest BCUT2D eigenvalue weighted by Gasteiger charge is 2.22. The summed E-state index contributed by atoms with van der Waals surface area (Å²) in [4.78, 5) is 2.64. The fourth-order valence-electron chi connectivity index (χ4n) is 3.15. The molecule has 1 fully saturated rings. The second-order valence-corrected chi connectivity index (χ2v) is 6.50. The van der Waals surface area contributed by atoms with Crippen molar-refractivity contribution < 1.29 is 4.74 Å². The van der Waals surface area contributed by atoms with Gasteiger partial charge < -0.3 is 10.1 Å². The molecule has 5 heteroatoms. The molecule has 0 saturated carbocycles. The molecule has 134 valence electrons. The maximum atomic E-state index is 5.40. The Kier molecular flexibility index (Phi) is 10.9. The van der Waals surface area contributed by atoms with Crippen molar-refractivity contribution in [3.8, 4) is 5.75 Å². The summed E-state index contributed by atoms with van der Waals surface area (Å²) in [5.74, 6) is 1.75. The van der Waals surface area contributed by atoms with E-state index in [0.717, 1.165) is 37.8 Å². The highest BCUT2D eigenvalue weighted by molar-refractivity contribution is 5.85. The molecule has 0 spiro atoms. The van der Waals surface area contributed by atoms with Crippen LogP contribution in [0.4, 0.5) is 0 Å². The topological polar surface area (TPSA) is 24.5 Å². The predicted octanol–water partition coefficient (Wildman–Crippen LogP) is 4.23. The zero-order valence-corrected chi connectivity index (χ0v) is 16.4. The van der Waals surface area contributed by atoms with E-state index < -0.39 is 0 Å². The molecule has 1 aromatic carbocycles. The normalized spacial score (nSPS) is 16.4. The monoisotopic (exact) mass is 362 g/mol. The van der Waals surface area contributed by atoms with E-state index in [-0.39, 0.29) is 24.8 Å². The summed E-state index contributed by atoms with van der Waals surface area (Å²) in [6, 6.07) is 7.22. The van der Waals surface area contributed by atoms with Gasteiger partial charge in [0.25, 0.3) is 0 Å². The van der Waals surface area contributed by atoms with Crippen molar-refractivity contribution in [1.82, 2.24) is 10.2 Å². The van der Waals surface area contributed by atoms with Gasteiger partial charge in [0, 0.05) is 32.2 Å². The molecule has 1 saturated heterocycles. The first-order valence-electron chi connectivity index (χ1n) is 8.21. The SMILES string of the molecule is COc1ccc([C@@H](CCC(C)C)N2CCNCC2)cc1C.Cl.Cl. The first kappa shape index (κ1) is 22.5. The van der Waals surface area contributed by atoms with E-state index in [9.17, 15) is 0 Å². The molecule has 1 aliphatic heterocycles. The van der Waals surface area contributed by atoms with Crippen LogP contribution in [0.3, 0.4) is 0 Å². The number of benzene rings is 1. The summed E-state index contributed by atoms with van der Waals surface area (Å²) in [6.07, 6.45) is 2.52. The minimum absolute atomic E-state index is 0. The number of rotatable bonds is 6. The molecule has 0 amide bonds. The molecule has 23 heavy (non-hydrogen) atoms. The van der Waals surface area contributed by atoms with Gasteiger partial charge >= 0.3 is 0 Å². The minimum atomic E-state index is 0. The van der Waals surface area contributed by atoms with Gasteiger partial charge in [0.15, 0.2) is 0 Å². The molecule has 0 aromatic heterocycles. The summed E-state index contributed by atoms with van der Waals surface area (Å²) in [6.45, 7) is 11.3. The molecule has 1 heterocycles. The maximum Gasteiger partial charge on any atom is 0.121 e. The van der Waals surface area contributed by atoms with Gasteiger partial charge in [0.1, 0.15) is 5.75 Å². The van der Waals surface area contributed by atoms with Crippen LogP contribution in [0, 0.1) is 12.8 Å². The van der Waals surface area contributed by atoms with Crippen LogP contribution in [0.1, 0.15) is 43.9 Å². The van der Waals surface area contributed by atoms with Crippen LogP contribution in [-0.4, -0.2) is 38.2 Å². The third-order valence-electron chi connectivity index (χ3n) is 4.41. The Labute approximate surface area is 154 Å². The lowest BCUT2D eigenvalue weighted by atomic mass is 9.94. The van der Waals surface area contributed by atoms with Crippen LogP contribution >= 0.6 is 24.8 Å². The second-order valence-electron chi connectivity index (χ2n) is 6.50. The van der Waals surface area contributed by atoms with Crippen LogP contribution in [0.25, 0.3) is 0 Å². The first-order valence-corrected chi connectivity index (χ1v) is 8.21. The number of piperazine rings is 1. The number of halogens is 2. The van der Waals surface area contributed by atoms with Crippen LogP contribution in [0.15, 0.2) is 18.2 Å². The largest absolute Gasteiger partial charge is 0.496 e. The van der Waals surface area contributed by atoms with Crippen molar-refractivity contribution >= 4 is 24.8 Å². The Morgan fingerprint density at radius 2 is 1.78 bits per heavy atom. The Bertz CT molecular complexity index is 449. The third-order valence-corrected chi connectivity index (χ3v) is 4.41. The van der Waals surface area contributed by atoms with Crippen molar-refractivity contribution in [2.45, 2.75) is 39.7 Å². The minimum Gasteiger partial charge on any atom is -0.496 e. The molecule has 0 unspecified atom stereocenters. The molecule has 1 N–H and O–H groups in total. The number of hydrogen-bond acceptors (Lipinski definition) is 3. The number of ether oxygens (including phenoxy) is 1. The van der Waals surface area contributed by atoms with Crippen LogP contribution < -0.4 is 10.1 Å². The molecule has 0 aliphatic carbocycles.